The van der Waals surface area contributed by atoms with E-state index in [0.29, 0.717) is 18.3 Å². The molecule has 9 atom stereocenters. The Morgan fingerprint density at radius 1 is 0.922 bits per heavy atom. The summed E-state index contributed by atoms with van der Waals surface area (Å²) in [6, 6.07) is 0. The molecule has 51 heavy (non-hydrogen) atoms. The number of aliphatic hydroxyl groups is 1. The Morgan fingerprint density at radius 2 is 1.57 bits per heavy atom. The lowest BCUT2D eigenvalue weighted by Gasteiger charge is -2.68. The van der Waals surface area contributed by atoms with Gasteiger partial charge in [-0.2, -0.15) is 0 Å². The molecule has 5 aliphatic rings. The number of carbonyl (C=O) groups is 3. The van der Waals surface area contributed by atoms with E-state index >= 15 is 0 Å². The topological polar surface area (TPSA) is 133 Å². The molecule has 4 fully saturated rings. The predicted octanol–water partition coefficient (Wildman–Crippen LogP) is 8.66. The van der Waals surface area contributed by atoms with Crippen molar-refractivity contribution < 1.29 is 33.9 Å². The maximum absolute atomic E-state index is 13.8. The van der Waals surface area contributed by atoms with Gasteiger partial charge in [-0.3, -0.25) is 24.5 Å². The lowest BCUT2D eigenvalue weighted by molar-refractivity contribution is -0.494. The highest BCUT2D eigenvalue weighted by atomic mass is 16.6. The molecule has 0 radical (unpaired) electrons. The number of nitrogens with zero attached hydrogens (tertiary/aromatic N) is 1. The molecule has 0 spiro atoms. The lowest BCUT2D eigenvalue weighted by Crippen LogP contribution is -2.62. The molecule has 0 aromatic carbocycles. The Kier molecular flexibility index (Phi) is 10.1. The summed E-state index contributed by atoms with van der Waals surface area (Å²) in [5, 5.41) is 23.2. The van der Waals surface area contributed by atoms with Crippen molar-refractivity contribution in [3.8, 4) is 0 Å². The summed E-state index contributed by atoms with van der Waals surface area (Å²) in [5.74, 6) is 0.133. The maximum Gasteiger partial charge on any atom is 0.312 e. The van der Waals surface area contributed by atoms with Gasteiger partial charge in [0.05, 0.1) is 11.8 Å². The summed E-state index contributed by atoms with van der Waals surface area (Å²) in [4.78, 5) is 51.4. The molecule has 9 heteroatoms. The fourth-order valence-corrected chi connectivity index (χ4v) is 12.9. The van der Waals surface area contributed by atoms with Crippen LogP contribution in [0.2, 0.25) is 0 Å². The van der Waals surface area contributed by atoms with Crippen molar-refractivity contribution in [3.63, 3.8) is 0 Å². The summed E-state index contributed by atoms with van der Waals surface area (Å²) in [7, 11) is 0. The van der Waals surface area contributed by atoms with Crippen molar-refractivity contribution in [2.24, 2.45) is 56.2 Å². The minimum atomic E-state index is -1.18. The number of rotatable bonds is 8. The number of ketones is 1. The second-order valence-electron chi connectivity index (χ2n) is 20.6. The van der Waals surface area contributed by atoms with Crippen LogP contribution in [0, 0.1) is 66.3 Å². The van der Waals surface area contributed by atoms with E-state index < -0.39 is 40.0 Å². The van der Waals surface area contributed by atoms with Gasteiger partial charge in [-0.15, -0.1) is 0 Å². The normalized spacial score (nSPS) is 38.5. The smallest absolute Gasteiger partial charge is 0.312 e. The Balaban J connectivity index is 1.44. The Bertz CT molecular complexity index is 1470. The summed E-state index contributed by atoms with van der Waals surface area (Å²) < 4.78 is 11.9. The van der Waals surface area contributed by atoms with E-state index in [9.17, 15) is 29.6 Å². The van der Waals surface area contributed by atoms with Gasteiger partial charge in [-0.25, -0.2) is 0 Å². The fraction of sp³-hybridized carbons (Fsp3) is 0.881. The predicted molar refractivity (Wildman–Crippen MR) is 196 cm³/mol. The number of carbonyl (C=O) groups excluding carboxylic acids is 3. The monoisotopic (exact) mass is 713 g/mol. The number of hydrogen-bond donors (Lipinski definition) is 1. The van der Waals surface area contributed by atoms with Gasteiger partial charge in [0.2, 0.25) is 6.54 Å². The molecule has 1 N–H and O–H groups in total. The quantitative estimate of drug-likeness (QED) is 0.150. The molecule has 5 rings (SSSR count). The Hall–Kier alpha value is -2.29. The highest BCUT2D eigenvalue weighted by Gasteiger charge is 2.70. The molecule has 0 saturated heterocycles. The SMILES string of the molecule is CC(C)C1=C2C3CC[C@@H]4[C@@]5(C)CC[C@H](OC(=O)CC(C)(C)C(=O)OC(C)(C)C)C(C)(C)C5CCC[C@@]4(C)[C@]3(C)CC[C@@]2([C@@H](O)C[N+](=O)[O-])CC1=O. The lowest BCUT2D eigenvalue weighted by atomic mass is 9.36. The van der Waals surface area contributed by atoms with Crippen LogP contribution in [-0.2, 0) is 23.9 Å². The first-order valence-electron chi connectivity index (χ1n) is 19.8. The minimum absolute atomic E-state index is 0.00183. The van der Waals surface area contributed by atoms with Crippen LogP contribution < -0.4 is 0 Å². The molecule has 9 nitrogen and oxygen atoms in total. The largest absolute Gasteiger partial charge is 0.462 e. The van der Waals surface area contributed by atoms with Crippen LogP contribution in [0.3, 0.4) is 0 Å². The zero-order valence-electron chi connectivity index (χ0n) is 33.7. The molecule has 288 valence electrons. The van der Waals surface area contributed by atoms with Gasteiger partial charge in [0, 0.05) is 22.2 Å². The summed E-state index contributed by atoms with van der Waals surface area (Å²) in [5.41, 5.74) is -1.06. The third kappa shape index (κ3) is 6.41. The fourth-order valence-electron chi connectivity index (χ4n) is 12.9. The summed E-state index contributed by atoms with van der Waals surface area (Å²) in [6.07, 6.45) is 6.90. The van der Waals surface area contributed by atoms with E-state index in [2.05, 4.69) is 48.5 Å². The zero-order chi connectivity index (χ0) is 38.3. The molecular formula is C42H67NO8. The molecule has 0 aromatic rings. The van der Waals surface area contributed by atoms with E-state index in [4.69, 9.17) is 9.47 Å². The van der Waals surface area contributed by atoms with E-state index in [1.165, 1.54) is 0 Å². The first-order valence-corrected chi connectivity index (χ1v) is 19.8. The average Bonchev–Trinajstić information content (AvgIpc) is 3.22. The molecule has 4 saturated carbocycles. The van der Waals surface area contributed by atoms with Crippen molar-refractivity contribution in [2.45, 2.75) is 172 Å². The van der Waals surface area contributed by atoms with Crippen molar-refractivity contribution >= 4 is 17.7 Å². The molecule has 0 aliphatic heterocycles. The third-order valence-electron chi connectivity index (χ3n) is 15.4. The first kappa shape index (κ1) is 39.9. The second-order valence-corrected chi connectivity index (χ2v) is 20.6. The van der Waals surface area contributed by atoms with Crippen molar-refractivity contribution in [2.75, 3.05) is 6.54 Å². The molecule has 5 aliphatic carbocycles. The van der Waals surface area contributed by atoms with Crippen LogP contribution in [-0.4, -0.2) is 52.1 Å². The van der Waals surface area contributed by atoms with Gasteiger partial charge in [0.25, 0.3) is 0 Å². The van der Waals surface area contributed by atoms with Crippen LogP contribution in [0.1, 0.15) is 154 Å². The van der Waals surface area contributed by atoms with Crippen LogP contribution in [0.25, 0.3) is 0 Å². The Labute approximate surface area is 306 Å². The third-order valence-corrected chi connectivity index (χ3v) is 15.4. The van der Waals surface area contributed by atoms with Crippen LogP contribution >= 0.6 is 0 Å². The minimum Gasteiger partial charge on any atom is -0.462 e. The maximum atomic E-state index is 13.8. The number of esters is 2. The number of nitro groups is 1. The highest BCUT2D eigenvalue weighted by molar-refractivity contribution is 6.00. The van der Waals surface area contributed by atoms with Crippen molar-refractivity contribution in [3.05, 3.63) is 21.3 Å². The average molecular weight is 714 g/mol. The number of allylic oxidation sites excluding steroid dienone is 1. The van der Waals surface area contributed by atoms with Crippen molar-refractivity contribution in [1.29, 1.82) is 0 Å². The zero-order valence-corrected chi connectivity index (χ0v) is 33.7. The molecular weight excluding hydrogens is 646 g/mol. The van der Waals surface area contributed by atoms with E-state index in [1.54, 1.807) is 13.8 Å². The number of Topliss-reactive ketones (excluding diaryl/α,β-unsaturated/α-hetero) is 1. The van der Waals surface area contributed by atoms with Gasteiger partial charge in [-0.1, -0.05) is 60.5 Å². The standard InChI is InChI=1S/C42H67NO8/c1-25(2)33-27(44)22-42(30(45)24-43(48)49)21-20-40(11)26(34(33)42)15-16-29-39(10)19-17-31(38(8,9)28(39)14-13-18-41(29,40)12)50-32(46)23-37(6,7)35(47)51-36(3,4)5/h25-26,28-31,45H,13-24H2,1-12H3/t26?,28?,29-,30+,31+,39+,40-,41-,42+/m1/s1. The highest BCUT2D eigenvalue weighted by Crippen LogP contribution is 2.76. The summed E-state index contributed by atoms with van der Waals surface area (Å²) >= 11 is 0. The van der Waals surface area contributed by atoms with Crippen LogP contribution in [0.15, 0.2) is 11.1 Å². The Morgan fingerprint density at radius 3 is 2.16 bits per heavy atom. The van der Waals surface area contributed by atoms with Gasteiger partial charge in [0.1, 0.15) is 17.8 Å². The van der Waals surface area contributed by atoms with Crippen LogP contribution in [0.5, 0.6) is 0 Å². The van der Waals surface area contributed by atoms with Gasteiger partial charge < -0.3 is 14.6 Å². The van der Waals surface area contributed by atoms with E-state index in [1.807, 2.05) is 20.8 Å². The molecule has 0 amide bonds. The first-order chi connectivity index (χ1) is 23.3. The second kappa shape index (κ2) is 12.9. The van der Waals surface area contributed by atoms with Gasteiger partial charge >= 0.3 is 11.9 Å². The number of fused-ring (bicyclic) bond motifs is 7. The van der Waals surface area contributed by atoms with E-state index in [0.717, 1.165) is 62.5 Å². The van der Waals surface area contributed by atoms with E-state index in [-0.39, 0.29) is 64.2 Å². The summed E-state index contributed by atoms with van der Waals surface area (Å²) in [6.45, 7) is 24.5. The molecule has 0 aromatic heterocycles. The van der Waals surface area contributed by atoms with Crippen LogP contribution in [0.4, 0.5) is 0 Å². The molecule has 0 heterocycles. The number of ether oxygens (including phenoxy) is 2. The van der Waals surface area contributed by atoms with Gasteiger partial charge in [0.15, 0.2) is 5.78 Å². The van der Waals surface area contributed by atoms with Crippen molar-refractivity contribution in [1.82, 2.24) is 0 Å². The molecule has 0 bridgehead atoms. The number of hydrogen-bond acceptors (Lipinski definition) is 8. The number of aliphatic hydroxyl groups excluding tert-OH is 1. The molecule has 2 unspecified atom stereocenters. The van der Waals surface area contributed by atoms with Gasteiger partial charge in [-0.05, 0) is 131 Å².